The molecule has 3 aromatic carbocycles. The van der Waals surface area contributed by atoms with Gasteiger partial charge in [-0.2, -0.15) is 4.31 Å². The first kappa shape index (κ1) is 23.9. The van der Waals surface area contributed by atoms with Gasteiger partial charge in [0.15, 0.2) is 0 Å². The molecule has 0 atom stereocenters. The highest BCUT2D eigenvalue weighted by Crippen LogP contribution is 2.25. The van der Waals surface area contributed by atoms with Crippen molar-refractivity contribution in [2.45, 2.75) is 18.8 Å². The van der Waals surface area contributed by atoms with Crippen molar-refractivity contribution in [2.75, 3.05) is 19.6 Å². The molecule has 3 aromatic rings. The van der Waals surface area contributed by atoms with Gasteiger partial charge in [0.25, 0.3) is 0 Å². The van der Waals surface area contributed by atoms with Crippen LogP contribution in [0, 0.1) is 5.92 Å². The van der Waals surface area contributed by atoms with Gasteiger partial charge in [0.2, 0.25) is 15.9 Å². The van der Waals surface area contributed by atoms with Crippen molar-refractivity contribution in [3.8, 4) is 0 Å². The highest BCUT2D eigenvalue weighted by Gasteiger charge is 2.30. The Labute approximate surface area is 202 Å². The zero-order valence-corrected chi connectivity index (χ0v) is 19.9. The van der Waals surface area contributed by atoms with E-state index in [4.69, 9.17) is 0 Å². The zero-order chi connectivity index (χ0) is 23.8. The number of carbonyl (C=O) groups is 1. The smallest absolute Gasteiger partial charge is 0.236 e. The van der Waals surface area contributed by atoms with E-state index in [9.17, 15) is 13.2 Å². The standard InChI is InChI=1S/C28H30N2O3S/c31-28(29-22-27(24-12-6-2-7-13-24)25-14-8-3-9-15-25)26-16-19-30(20-17-26)34(32,33)21-18-23-10-4-1-5-11-23/h1-15,18,21,26-27H,16-17,19-20,22H2,(H,29,31). The number of piperidine rings is 1. The van der Waals surface area contributed by atoms with Gasteiger partial charge >= 0.3 is 0 Å². The van der Waals surface area contributed by atoms with Crippen molar-refractivity contribution >= 4 is 22.0 Å². The van der Waals surface area contributed by atoms with E-state index in [0.717, 1.165) is 16.7 Å². The first-order valence-electron chi connectivity index (χ1n) is 11.6. The van der Waals surface area contributed by atoms with Gasteiger partial charge < -0.3 is 5.32 Å². The lowest BCUT2D eigenvalue weighted by Gasteiger charge is -2.30. The summed E-state index contributed by atoms with van der Waals surface area (Å²) in [4.78, 5) is 12.9. The molecule has 5 nitrogen and oxygen atoms in total. The molecule has 0 radical (unpaired) electrons. The van der Waals surface area contributed by atoms with Gasteiger partial charge in [-0.3, -0.25) is 4.79 Å². The number of carbonyl (C=O) groups excluding carboxylic acids is 1. The average Bonchev–Trinajstić information content (AvgIpc) is 2.89. The summed E-state index contributed by atoms with van der Waals surface area (Å²) >= 11 is 0. The highest BCUT2D eigenvalue weighted by atomic mass is 32.2. The SMILES string of the molecule is O=C(NCC(c1ccccc1)c1ccccc1)C1CCN(S(=O)(=O)C=Cc2ccccc2)CC1. The minimum atomic E-state index is -3.51. The van der Waals surface area contributed by atoms with Crippen molar-refractivity contribution in [2.24, 2.45) is 5.92 Å². The Hall–Kier alpha value is -3.22. The topological polar surface area (TPSA) is 66.5 Å². The van der Waals surface area contributed by atoms with Gasteiger partial charge in [-0.05, 0) is 35.6 Å². The molecule has 0 aromatic heterocycles. The van der Waals surface area contributed by atoms with Crippen LogP contribution in [0.1, 0.15) is 35.4 Å². The van der Waals surface area contributed by atoms with Crippen LogP contribution in [0.25, 0.3) is 6.08 Å². The first-order valence-corrected chi connectivity index (χ1v) is 13.1. The molecule has 1 heterocycles. The van der Waals surface area contributed by atoms with Crippen molar-refractivity contribution in [1.82, 2.24) is 9.62 Å². The molecule has 0 saturated carbocycles. The van der Waals surface area contributed by atoms with Gasteiger partial charge in [-0.25, -0.2) is 8.42 Å². The summed E-state index contributed by atoms with van der Waals surface area (Å²) in [6.07, 6.45) is 2.65. The van der Waals surface area contributed by atoms with Crippen LogP contribution in [0.2, 0.25) is 0 Å². The van der Waals surface area contributed by atoms with Crippen LogP contribution in [-0.4, -0.2) is 38.3 Å². The molecule has 1 aliphatic rings. The Balaban J connectivity index is 1.33. The second-order valence-electron chi connectivity index (χ2n) is 8.55. The summed E-state index contributed by atoms with van der Waals surface area (Å²) in [6.45, 7) is 1.20. The summed E-state index contributed by atoms with van der Waals surface area (Å²) in [6, 6.07) is 29.7. The fourth-order valence-electron chi connectivity index (χ4n) is 4.33. The van der Waals surface area contributed by atoms with E-state index in [1.165, 1.54) is 9.71 Å². The molecule has 176 valence electrons. The van der Waals surface area contributed by atoms with Gasteiger partial charge in [0.05, 0.1) is 0 Å². The van der Waals surface area contributed by atoms with Crippen LogP contribution < -0.4 is 5.32 Å². The molecule has 1 aliphatic heterocycles. The Bertz CT molecular complexity index is 1150. The molecule has 6 heteroatoms. The van der Waals surface area contributed by atoms with E-state index in [0.29, 0.717) is 32.5 Å². The second-order valence-corrected chi connectivity index (χ2v) is 10.4. The number of nitrogens with zero attached hydrogens (tertiary/aromatic N) is 1. The van der Waals surface area contributed by atoms with Gasteiger partial charge in [0.1, 0.15) is 0 Å². The first-order chi connectivity index (χ1) is 16.5. The van der Waals surface area contributed by atoms with E-state index in [-0.39, 0.29) is 17.7 Å². The van der Waals surface area contributed by atoms with Crippen molar-refractivity contribution in [3.05, 3.63) is 113 Å². The third kappa shape index (κ3) is 6.22. The molecule has 1 fully saturated rings. The number of amides is 1. The third-order valence-corrected chi connectivity index (χ3v) is 7.87. The summed E-state index contributed by atoms with van der Waals surface area (Å²) < 4.78 is 26.9. The molecular weight excluding hydrogens is 444 g/mol. The Morgan fingerprint density at radius 1 is 0.853 bits per heavy atom. The predicted octanol–water partition coefficient (Wildman–Crippen LogP) is 4.65. The van der Waals surface area contributed by atoms with E-state index in [1.807, 2.05) is 66.7 Å². The normalized spacial score (nSPS) is 15.6. The number of rotatable bonds is 8. The molecule has 4 rings (SSSR count). The number of nitrogens with one attached hydrogen (secondary N) is 1. The van der Waals surface area contributed by atoms with Crippen molar-refractivity contribution < 1.29 is 13.2 Å². The molecule has 0 aliphatic carbocycles. The Kier molecular flexibility index (Phi) is 7.93. The minimum Gasteiger partial charge on any atom is -0.355 e. The number of sulfonamides is 1. The maximum Gasteiger partial charge on any atom is 0.236 e. The fourth-order valence-corrected chi connectivity index (χ4v) is 5.55. The molecule has 0 unspecified atom stereocenters. The van der Waals surface area contributed by atoms with Crippen LogP contribution in [0.15, 0.2) is 96.4 Å². The van der Waals surface area contributed by atoms with Gasteiger partial charge in [-0.1, -0.05) is 91.0 Å². The van der Waals surface area contributed by atoms with Crippen LogP contribution in [-0.2, 0) is 14.8 Å². The van der Waals surface area contributed by atoms with E-state index in [2.05, 4.69) is 29.6 Å². The van der Waals surface area contributed by atoms with E-state index >= 15 is 0 Å². The van der Waals surface area contributed by atoms with Crippen LogP contribution >= 0.6 is 0 Å². The Morgan fingerprint density at radius 2 is 1.35 bits per heavy atom. The summed E-state index contributed by atoms with van der Waals surface area (Å²) in [5.41, 5.74) is 3.15. The lowest BCUT2D eigenvalue weighted by molar-refractivity contribution is -0.126. The molecule has 1 N–H and O–H groups in total. The highest BCUT2D eigenvalue weighted by molar-refractivity contribution is 7.92. The monoisotopic (exact) mass is 474 g/mol. The summed E-state index contributed by atoms with van der Waals surface area (Å²) in [5, 5.41) is 4.39. The minimum absolute atomic E-state index is 0.00580. The van der Waals surface area contributed by atoms with Crippen LogP contribution in [0.4, 0.5) is 0 Å². The maximum absolute atomic E-state index is 12.9. The van der Waals surface area contributed by atoms with Gasteiger partial charge in [-0.15, -0.1) is 0 Å². The number of hydrogen-bond donors (Lipinski definition) is 1. The third-order valence-electron chi connectivity index (χ3n) is 6.30. The summed E-state index contributed by atoms with van der Waals surface area (Å²) in [7, 11) is -3.51. The maximum atomic E-state index is 12.9. The van der Waals surface area contributed by atoms with Crippen molar-refractivity contribution in [1.29, 1.82) is 0 Å². The lowest BCUT2D eigenvalue weighted by atomic mass is 9.90. The van der Waals surface area contributed by atoms with Crippen molar-refractivity contribution in [3.63, 3.8) is 0 Å². The number of benzene rings is 3. The average molecular weight is 475 g/mol. The van der Waals surface area contributed by atoms with E-state index in [1.54, 1.807) is 6.08 Å². The van der Waals surface area contributed by atoms with Crippen LogP contribution in [0.5, 0.6) is 0 Å². The summed E-state index contributed by atoms with van der Waals surface area (Å²) in [5.74, 6) is -0.125. The predicted molar refractivity (Wildman–Crippen MR) is 136 cm³/mol. The second kappa shape index (κ2) is 11.3. The molecule has 1 saturated heterocycles. The van der Waals surface area contributed by atoms with Gasteiger partial charge in [0, 0.05) is 36.9 Å². The molecule has 34 heavy (non-hydrogen) atoms. The molecule has 0 bridgehead atoms. The largest absolute Gasteiger partial charge is 0.355 e. The number of hydrogen-bond acceptors (Lipinski definition) is 3. The fraction of sp³-hybridized carbons (Fsp3) is 0.250. The molecule has 1 amide bonds. The zero-order valence-electron chi connectivity index (χ0n) is 19.1. The quantitative estimate of drug-likeness (QED) is 0.517. The molecular formula is C28H30N2O3S. The molecule has 0 spiro atoms. The van der Waals surface area contributed by atoms with Crippen LogP contribution in [0.3, 0.4) is 0 Å². The Morgan fingerprint density at radius 3 is 1.88 bits per heavy atom. The van der Waals surface area contributed by atoms with E-state index < -0.39 is 10.0 Å². The lowest BCUT2D eigenvalue weighted by Crippen LogP contribution is -2.43.